The number of anilines is 3. The van der Waals surface area contributed by atoms with Gasteiger partial charge in [-0.25, -0.2) is 9.59 Å². The number of methoxy groups -OCH3 is 1. The van der Waals surface area contributed by atoms with Crippen LogP contribution in [-0.2, 0) is 31.7 Å². The van der Waals surface area contributed by atoms with E-state index in [0.29, 0.717) is 24.6 Å². The van der Waals surface area contributed by atoms with Crippen molar-refractivity contribution >= 4 is 81.8 Å². The number of esters is 1. The van der Waals surface area contributed by atoms with E-state index in [0.717, 1.165) is 54.9 Å². The molecular weight excluding hydrogens is 887 g/mol. The van der Waals surface area contributed by atoms with Crippen LogP contribution in [0.25, 0.3) is 0 Å². The topological polar surface area (TPSA) is 165 Å². The number of halogens is 7. The number of aromatic nitrogens is 3. The van der Waals surface area contributed by atoms with E-state index < -0.39 is 29.8 Å². The first-order valence-corrected chi connectivity index (χ1v) is 20.3. The van der Waals surface area contributed by atoms with Gasteiger partial charge in [0.1, 0.15) is 17.4 Å². The quantitative estimate of drug-likeness (QED) is 0.0811. The lowest BCUT2D eigenvalue weighted by Crippen LogP contribution is -2.43. The average Bonchev–Trinajstić information content (AvgIpc) is 3.16. The molecule has 0 radical (unpaired) electrons. The van der Waals surface area contributed by atoms with Crippen LogP contribution in [-0.4, -0.2) is 81.7 Å². The molecule has 4 rings (SSSR count). The van der Waals surface area contributed by atoms with Crippen LogP contribution in [0.5, 0.6) is 11.5 Å². The third kappa shape index (κ3) is 17.0. The number of nitrogens with one attached hydrogen (secondary N) is 2. The third-order valence-electron chi connectivity index (χ3n) is 7.88. The van der Waals surface area contributed by atoms with Crippen LogP contribution in [0.1, 0.15) is 75.5 Å². The van der Waals surface area contributed by atoms with Crippen LogP contribution in [0, 0.1) is 6.92 Å². The number of carboxylic acid groups (broad SMARTS) is 1. The van der Waals surface area contributed by atoms with Gasteiger partial charge in [0, 0.05) is 19.2 Å². The molecule has 0 saturated heterocycles. The van der Waals surface area contributed by atoms with E-state index in [1.165, 1.54) is 12.1 Å². The first-order chi connectivity index (χ1) is 28.5. The van der Waals surface area contributed by atoms with Crippen molar-refractivity contribution in [2.75, 3.05) is 41.7 Å². The molecule has 2 atom stereocenters. The second-order valence-corrected chi connectivity index (χ2v) is 15.5. The summed E-state index contributed by atoms with van der Waals surface area (Å²) < 4.78 is 53.3. The van der Waals surface area contributed by atoms with Crippen LogP contribution in [0.2, 0.25) is 15.3 Å². The molecule has 3 aromatic carbocycles. The molecule has 1 aromatic heterocycles. The van der Waals surface area contributed by atoms with Gasteiger partial charge in [0.2, 0.25) is 23.1 Å². The van der Waals surface area contributed by atoms with Gasteiger partial charge >= 0.3 is 18.1 Å². The Balaban J connectivity index is 0.000000331. The lowest BCUT2D eigenvalue weighted by molar-refractivity contribution is -0.146. The molecule has 0 spiro atoms. The maximum atomic E-state index is 12.7. The fourth-order valence-corrected chi connectivity index (χ4v) is 5.89. The highest BCUT2D eigenvalue weighted by Gasteiger charge is 2.31. The van der Waals surface area contributed by atoms with E-state index in [-0.39, 0.29) is 55.8 Å². The Morgan fingerprint density at radius 1 is 0.918 bits per heavy atom. The summed E-state index contributed by atoms with van der Waals surface area (Å²) >= 11 is 23.2. The highest BCUT2D eigenvalue weighted by Crippen LogP contribution is 2.37. The number of hydrogen-bond acceptors (Lipinski definition) is 11. The minimum Gasteiger partial charge on any atom is -0.479 e. The molecule has 1 unspecified atom stereocenters. The molecule has 0 aliphatic rings. The number of aliphatic carboxylic acids is 1. The number of hydrogen-bond donors (Lipinski definition) is 3. The van der Waals surface area contributed by atoms with Crippen LogP contribution in [0.4, 0.5) is 30.8 Å². The largest absolute Gasteiger partial charge is 0.479 e. The van der Waals surface area contributed by atoms with Crippen molar-refractivity contribution in [1.82, 2.24) is 15.0 Å². The molecule has 1 heterocycles. The van der Waals surface area contributed by atoms with E-state index in [2.05, 4.69) is 38.6 Å². The highest BCUT2D eigenvalue weighted by molar-refractivity contribution is 6.33. The Hall–Kier alpha value is -4.61. The molecule has 0 fully saturated rings. The standard InChI is InChI=1S/C17H11Cl2F3O5.C15H22ClNO2.C9H16ClN5/c1-8(15(23)24)26-16(25)11-7-10(3-4-12(11)18)27-14-5-2-9(6-13(14)19)17(20,21)22;1-5-13-8-6-7-11(2)15(13)17(14(18)9-16)12(3)10-19-4;1-5-11-7-12-6(10)13-8(14-7)15-9(2,3)4/h2-8H,1H3,(H,23,24);6-8,12H,5,9-10H2,1-4H3;5H2,1-4H3,(H2,11,12,13,14,15)/t8-;;/m0../s1. The zero-order chi connectivity index (χ0) is 46.2. The zero-order valence-corrected chi connectivity index (χ0v) is 38.0. The van der Waals surface area contributed by atoms with Crippen molar-refractivity contribution in [2.45, 2.75) is 85.7 Å². The minimum absolute atomic E-state index is 0.0223. The number of rotatable bonds is 14. The molecule has 13 nitrogen and oxygen atoms in total. The van der Waals surface area contributed by atoms with Gasteiger partial charge in [0.05, 0.1) is 39.5 Å². The lowest BCUT2D eigenvalue weighted by Gasteiger charge is -2.31. The number of aryl methyl sites for hydroxylation is 2. The predicted molar refractivity (Wildman–Crippen MR) is 233 cm³/mol. The van der Waals surface area contributed by atoms with Gasteiger partial charge in [-0.3, -0.25) is 4.79 Å². The summed E-state index contributed by atoms with van der Waals surface area (Å²) in [5.41, 5.74) is 1.99. The monoisotopic (exact) mass is 934 g/mol. The molecule has 334 valence electrons. The number of ether oxygens (including phenoxy) is 3. The number of carboxylic acids is 1. The maximum absolute atomic E-state index is 12.7. The Morgan fingerprint density at radius 2 is 1.57 bits per heavy atom. The van der Waals surface area contributed by atoms with Crippen molar-refractivity contribution in [3.05, 3.63) is 92.2 Å². The molecular formula is C41H49Cl4F3N6O7. The predicted octanol–water partition coefficient (Wildman–Crippen LogP) is 10.8. The third-order valence-corrected chi connectivity index (χ3v) is 8.90. The molecule has 0 bridgehead atoms. The Labute approximate surface area is 373 Å². The Bertz CT molecular complexity index is 2110. The summed E-state index contributed by atoms with van der Waals surface area (Å²) in [5.74, 6) is -1.52. The number of benzene rings is 3. The number of amides is 1. The smallest absolute Gasteiger partial charge is 0.416 e. The van der Waals surface area contributed by atoms with Crippen LogP contribution in [0.15, 0.2) is 54.6 Å². The lowest BCUT2D eigenvalue weighted by atomic mass is 10.0. The first-order valence-electron chi connectivity index (χ1n) is 18.6. The zero-order valence-electron chi connectivity index (χ0n) is 35.0. The van der Waals surface area contributed by atoms with Crippen LogP contribution < -0.4 is 20.3 Å². The number of carbonyl (C=O) groups is 3. The SMILES string of the molecule is CCNc1nc(Cl)nc(NC(C)(C)C)n1.CCc1cccc(C)c1N(C(=O)CCl)C(C)COC.C[C@H](OC(=O)c1cc(Oc2ccc(C(F)(F)F)cc2Cl)ccc1Cl)C(=O)O. The summed E-state index contributed by atoms with van der Waals surface area (Å²) in [6.45, 7) is 16.5. The number of para-hydroxylation sites is 1. The van der Waals surface area contributed by atoms with Gasteiger partial charge < -0.3 is 34.9 Å². The van der Waals surface area contributed by atoms with E-state index in [4.69, 9.17) is 65.7 Å². The second kappa shape index (κ2) is 24.1. The summed E-state index contributed by atoms with van der Waals surface area (Å²) in [4.78, 5) is 48.9. The summed E-state index contributed by atoms with van der Waals surface area (Å²) in [5, 5.41) is 14.8. The fourth-order valence-electron chi connectivity index (χ4n) is 5.18. The second-order valence-electron chi connectivity index (χ2n) is 14.1. The molecule has 0 saturated carbocycles. The molecule has 1 amide bonds. The Morgan fingerprint density at radius 3 is 2.11 bits per heavy atom. The molecule has 20 heteroatoms. The number of alkyl halides is 4. The maximum Gasteiger partial charge on any atom is 0.416 e. The molecule has 61 heavy (non-hydrogen) atoms. The van der Waals surface area contributed by atoms with Gasteiger partial charge in [-0.1, -0.05) is 48.3 Å². The van der Waals surface area contributed by atoms with Crippen molar-refractivity contribution in [1.29, 1.82) is 0 Å². The van der Waals surface area contributed by atoms with Crippen molar-refractivity contribution in [3.63, 3.8) is 0 Å². The van der Waals surface area contributed by atoms with Crippen LogP contribution in [0.3, 0.4) is 0 Å². The summed E-state index contributed by atoms with van der Waals surface area (Å²) in [7, 11) is 1.64. The highest BCUT2D eigenvalue weighted by atomic mass is 35.5. The molecule has 0 aliphatic carbocycles. The summed E-state index contributed by atoms with van der Waals surface area (Å²) in [6.07, 6.45) is -5.08. The van der Waals surface area contributed by atoms with Crippen molar-refractivity contribution < 1.29 is 46.9 Å². The average molecular weight is 937 g/mol. The normalized spacial score (nSPS) is 12.1. The van der Waals surface area contributed by atoms with E-state index in [1.54, 1.807) is 12.0 Å². The van der Waals surface area contributed by atoms with Crippen LogP contribution >= 0.6 is 46.4 Å². The van der Waals surface area contributed by atoms with E-state index in [9.17, 15) is 27.6 Å². The molecule has 0 aliphatic heterocycles. The molecule has 4 aromatic rings. The van der Waals surface area contributed by atoms with Gasteiger partial charge in [-0.05, 0) is 114 Å². The van der Waals surface area contributed by atoms with Gasteiger partial charge in [-0.2, -0.15) is 28.1 Å². The van der Waals surface area contributed by atoms with Gasteiger partial charge in [-0.15, -0.1) is 11.6 Å². The Kier molecular flexibility index (Phi) is 20.8. The van der Waals surface area contributed by atoms with E-state index >= 15 is 0 Å². The first kappa shape index (κ1) is 52.5. The van der Waals surface area contributed by atoms with Crippen molar-refractivity contribution in [2.24, 2.45) is 0 Å². The summed E-state index contributed by atoms with van der Waals surface area (Å²) in [6, 6.07) is 12.4. The van der Waals surface area contributed by atoms with Gasteiger partial charge in [0.25, 0.3) is 0 Å². The number of carbonyl (C=O) groups excluding carboxylic acids is 2. The van der Waals surface area contributed by atoms with Gasteiger partial charge in [0.15, 0.2) is 6.10 Å². The fraction of sp³-hybridized carbons (Fsp3) is 0.415. The molecule has 3 N–H and O–H groups in total. The van der Waals surface area contributed by atoms with E-state index in [1.807, 2.05) is 53.7 Å². The van der Waals surface area contributed by atoms with Crippen molar-refractivity contribution in [3.8, 4) is 11.5 Å². The minimum atomic E-state index is -4.56. The number of nitrogens with zero attached hydrogens (tertiary/aromatic N) is 4.